The van der Waals surface area contributed by atoms with Gasteiger partial charge in [0, 0.05) is 22.9 Å². The van der Waals surface area contributed by atoms with E-state index in [-0.39, 0.29) is 6.54 Å². The number of aromatic nitrogens is 2. The minimum absolute atomic E-state index is 0.279. The highest BCUT2D eigenvalue weighted by Gasteiger charge is 2.17. The van der Waals surface area contributed by atoms with E-state index in [2.05, 4.69) is 29.6 Å². The van der Waals surface area contributed by atoms with Crippen molar-refractivity contribution in [2.75, 3.05) is 11.9 Å². The van der Waals surface area contributed by atoms with Gasteiger partial charge in [0.1, 0.15) is 18.9 Å². The zero-order chi connectivity index (χ0) is 16.4. The van der Waals surface area contributed by atoms with Gasteiger partial charge in [-0.3, -0.25) is 4.68 Å². The zero-order valence-corrected chi connectivity index (χ0v) is 13.1. The predicted octanol–water partition coefficient (Wildman–Crippen LogP) is 3.43. The molecule has 4 rings (SSSR count). The molecule has 1 aliphatic rings. The highest BCUT2D eigenvalue weighted by Crippen LogP contribution is 2.29. The van der Waals surface area contributed by atoms with Gasteiger partial charge in [0.05, 0.1) is 24.0 Å². The average molecular weight is 316 g/mol. The van der Waals surface area contributed by atoms with Crippen LogP contribution in [-0.2, 0) is 13.2 Å². The predicted molar refractivity (Wildman–Crippen MR) is 91.6 cm³/mol. The Bertz CT molecular complexity index is 909. The normalized spacial score (nSPS) is 12.3. The highest BCUT2D eigenvalue weighted by molar-refractivity contribution is 5.59. The number of fused-ring (bicyclic) bond motifs is 2. The number of anilines is 1. The summed E-state index contributed by atoms with van der Waals surface area (Å²) >= 11 is 0. The lowest BCUT2D eigenvalue weighted by atomic mass is 10.1. The Morgan fingerprint density at radius 1 is 1.17 bits per heavy atom. The van der Waals surface area contributed by atoms with Crippen molar-refractivity contribution in [1.82, 2.24) is 9.78 Å². The average Bonchev–Trinajstić information content (AvgIpc) is 2.95. The van der Waals surface area contributed by atoms with Gasteiger partial charge in [0.15, 0.2) is 0 Å². The highest BCUT2D eigenvalue weighted by atomic mass is 16.5. The van der Waals surface area contributed by atoms with Crippen molar-refractivity contribution in [1.29, 1.82) is 5.26 Å². The number of ether oxygens (including phenoxy) is 1. The molecule has 0 bridgehead atoms. The third-order valence-electron chi connectivity index (χ3n) is 4.07. The molecule has 1 N–H and O–H groups in total. The molecule has 3 aromatic rings. The van der Waals surface area contributed by atoms with Crippen molar-refractivity contribution < 1.29 is 4.74 Å². The van der Waals surface area contributed by atoms with E-state index in [4.69, 9.17) is 15.1 Å². The lowest BCUT2D eigenvalue weighted by Crippen LogP contribution is -2.04. The number of hydrogen-bond donors (Lipinski definition) is 1. The van der Waals surface area contributed by atoms with E-state index >= 15 is 0 Å². The maximum absolute atomic E-state index is 8.67. The molecule has 5 nitrogen and oxygen atoms in total. The van der Waals surface area contributed by atoms with Gasteiger partial charge in [-0.2, -0.15) is 10.4 Å². The van der Waals surface area contributed by atoms with E-state index in [1.807, 2.05) is 41.1 Å². The van der Waals surface area contributed by atoms with Gasteiger partial charge in [-0.05, 0) is 12.1 Å². The molecule has 0 spiro atoms. The first-order valence-electron chi connectivity index (χ1n) is 7.82. The van der Waals surface area contributed by atoms with E-state index in [0.717, 1.165) is 34.0 Å². The Hall–Kier alpha value is -3.26. The molecule has 24 heavy (non-hydrogen) atoms. The Morgan fingerprint density at radius 3 is 2.88 bits per heavy atom. The monoisotopic (exact) mass is 316 g/mol. The molecule has 1 aliphatic heterocycles. The molecular formula is C19H16N4O. The summed E-state index contributed by atoms with van der Waals surface area (Å²) in [6.07, 6.45) is 0. The van der Waals surface area contributed by atoms with Crippen molar-refractivity contribution in [2.24, 2.45) is 0 Å². The Kier molecular flexibility index (Phi) is 3.64. The first-order chi connectivity index (χ1) is 11.8. The van der Waals surface area contributed by atoms with Crippen LogP contribution in [0.15, 0.2) is 54.6 Å². The van der Waals surface area contributed by atoms with Crippen LogP contribution >= 0.6 is 0 Å². The third kappa shape index (κ3) is 2.70. The fourth-order valence-electron chi connectivity index (χ4n) is 2.84. The van der Waals surface area contributed by atoms with Gasteiger partial charge < -0.3 is 10.1 Å². The molecule has 2 heterocycles. The maximum Gasteiger partial charge on any atom is 0.130 e. The standard InChI is InChI=1S/C19H16N4O/c20-8-9-21-16-7-6-15-12-23-17(13-24-19(15)10-16)11-18(22-23)14-4-2-1-3-5-14/h1-7,10-11,21H,9,12-13H2. The second-order valence-corrected chi connectivity index (χ2v) is 5.67. The third-order valence-corrected chi connectivity index (χ3v) is 4.07. The number of hydrogen-bond acceptors (Lipinski definition) is 4. The minimum Gasteiger partial charge on any atom is -0.487 e. The zero-order valence-electron chi connectivity index (χ0n) is 13.1. The topological polar surface area (TPSA) is 62.9 Å². The number of nitrogens with one attached hydrogen (secondary N) is 1. The molecule has 1 aromatic heterocycles. The summed E-state index contributed by atoms with van der Waals surface area (Å²) in [6.45, 7) is 1.44. The van der Waals surface area contributed by atoms with Crippen LogP contribution in [0.3, 0.4) is 0 Å². The summed E-state index contributed by atoms with van der Waals surface area (Å²) < 4.78 is 7.96. The number of rotatable bonds is 3. The van der Waals surface area contributed by atoms with Gasteiger partial charge >= 0.3 is 0 Å². The van der Waals surface area contributed by atoms with Crippen LogP contribution in [0, 0.1) is 11.3 Å². The van der Waals surface area contributed by atoms with Gasteiger partial charge in [-0.1, -0.05) is 36.4 Å². The number of benzene rings is 2. The molecular weight excluding hydrogens is 300 g/mol. The molecule has 0 radical (unpaired) electrons. The van der Waals surface area contributed by atoms with Crippen LogP contribution in [-0.4, -0.2) is 16.3 Å². The molecule has 0 aliphatic carbocycles. The SMILES string of the molecule is N#CCNc1ccc2c(c1)OCc1cc(-c3ccccc3)nn1C2. The summed E-state index contributed by atoms with van der Waals surface area (Å²) in [5.41, 5.74) is 5.09. The lowest BCUT2D eigenvalue weighted by molar-refractivity contribution is 0.302. The smallest absolute Gasteiger partial charge is 0.130 e. The van der Waals surface area contributed by atoms with Crippen molar-refractivity contribution in [3.8, 4) is 23.1 Å². The van der Waals surface area contributed by atoms with Crippen molar-refractivity contribution in [3.05, 3.63) is 65.9 Å². The van der Waals surface area contributed by atoms with E-state index in [0.29, 0.717) is 13.2 Å². The summed E-state index contributed by atoms with van der Waals surface area (Å²) in [5.74, 6) is 0.838. The maximum atomic E-state index is 8.67. The van der Waals surface area contributed by atoms with E-state index in [1.54, 1.807) is 0 Å². The van der Waals surface area contributed by atoms with Crippen LogP contribution in [0.1, 0.15) is 11.3 Å². The summed E-state index contributed by atoms with van der Waals surface area (Å²) in [4.78, 5) is 0. The molecule has 0 amide bonds. The number of nitrogens with zero attached hydrogens (tertiary/aromatic N) is 3. The van der Waals surface area contributed by atoms with E-state index < -0.39 is 0 Å². The van der Waals surface area contributed by atoms with E-state index in [1.165, 1.54) is 0 Å². The molecule has 0 fully saturated rings. The van der Waals surface area contributed by atoms with Gasteiger partial charge in [-0.25, -0.2) is 0 Å². The van der Waals surface area contributed by atoms with Crippen LogP contribution in [0.5, 0.6) is 5.75 Å². The van der Waals surface area contributed by atoms with Crippen molar-refractivity contribution in [3.63, 3.8) is 0 Å². The Morgan fingerprint density at radius 2 is 2.04 bits per heavy atom. The second-order valence-electron chi connectivity index (χ2n) is 5.67. The molecule has 2 aromatic carbocycles. The van der Waals surface area contributed by atoms with Crippen LogP contribution < -0.4 is 10.1 Å². The minimum atomic E-state index is 0.279. The Balaban J connectivity index is 1.63. The lowest BCUT2D eigenvalue weighted by Gasteiger charge is -2.09. The van der Waals surface area contributed by atoms with Gasteiger partial charge in [0.2, 0.25) is 0 Å². The largest absolute Gasteiger partial charge is 0.487 e. The van der Waals surface area contributed by atoms with Gasteiger partial charge in [-0.15, -0.1) is 0 Å². The molecule has 0 saturated carbocycles. The fraction of sp³-hybridized carbons (Fsp3) is 0.158. The molecule has 118 valence electrons. The summed E-state index contributed by atoms with van der Waals surface area (Å²) in [5, 5.41) is 16.4. The molecule has 0 atom stereocenters. The molecule has 0 unspecified atom stereocenters. The quantitative estimate of drug-likeness (QED) is 0.752. The second kappa shape index (κ2) is 6.09. The van der Waals surface area contributed by atoms with Gasteiger partial charge in [0.25, 0.3) is 0 Å². The fourth-order valence-corrected chi connectivity index (χ4v) is 2.84. The van der Waals surface area contributed by atoms with Crippen LogP contribution in [0.2, 0.25) is 0 Å². The molecule has 5 heteroatoms. The first kappa shape index (κ1) is 14.3. The first-order valence-corrected chi connectivity index (χ1v) is 7.82. The molecule has 0 saturated heterocycles. The Labute approximate surface area is 140 Å². The summed E-state index contributed by atoms with van der Waals surface area (Å²) in [6, 6.07) is 20.2. The van der Waals surface area contributed by atoms with Crippen molar-refractivity contribution >= 4 is 5.69 Å². The number of nitriles is 1. The van der Waals surface area contributed by atoms with E-state index in [9.17, 15) is 0 Å². The van der Waals surface area contributed by atoms with Crippen molar-refractivity contribution in [2.45, 2.75) is 13.2 Å². The van der Waals surface area contributed by atoms with Crippen LogP contribution in [0.4, 0.5) is 5.69 Å². The van der Waals surface area contributed by atoms with Crippen LogP contribution in [0.25, 0.3) is 11.3 Å². The summed E-state index contributed by atoms with van der Waals surface area (Å²) in [7, 11) is 0.